The first-order valence-electron chi connectivity index (χ1n) is 5.73. The minimum atomic E-state index is -4.30. The number of carbonyl (C=O) groups excluding carboxylic acids is 3. The largest absolute Gasteiger partial charge is 0.536 e. The average molecular weight is 324 g/mol. The zero-order valence-electron chi connectivity index (χ0n) is 12.1. The topological polar surface area (TPSA) is 114 Å². The van der Waals surface area contributed by atoms with Gasteiger partial charge < -0.3 is 14.0 Å². The predicted molar refractivity (Wildman–Crippen MR) is 68.6 cm³/mol. The summed E-state index contributed by atoms with van der Waals surface area (Å²) in [5.41, 5.74) is 0. The molecular weight excluding hydrogens is 307 g/mol. The summed E-state index contributed by atoms with van der Waals surface area (Å²) in [6.07, 6.45) is 1.25. The van der Waals surface area contributed by atoms with Gasteiger partial charge in [0.15, 0.2) is 11.5 Å². The van der Waals surface area contributed by atoms with E-state index >= 15 is 0 Å². The van der Waals surface area contributed by atoms with Crippen LogP contribution in [-0.2, 0) is 42.0 Å². The summed E-state index contributed by atoms with van der Waals surface area (Å²) >= 11 is 0. The summed E-state index contributed by atoms with van der Waals surface area (Å²) in [6, 6.07) is 0. The van der Waals surface area contributed by atoms with Crippen LogP contribution in [0.25, 0.3) is 0 Å². The molecule has 0 fully saturated rings. The number of hydrogen-bond donors (Lipinski definition) is 0. The fourth-order valence-electron chi connectivity index (χ4n) is 0.878. The molecule has 0 aliphatic heterocycles. The van der Waals surface area contributed by atoms with E-state index in [9.17, 15) is 18.9 Å². The standard InChI is InChI=1S/C11H17O9P/c1-5-11(8(2)12)20-21(15,18-6-16-9(3)13)19-7-17-10(4)14/h5H,6-7H2,1-4H3. The first-order valence-corrected chi connectivity index (χ1v) is 7.19. The van der Waals surface area contributed by atoms with Gasteiger partial charge in [-0.05, 0) is 13.0 Å². The van der Waals surface area contributed by atoms with Crippen LogP contribution < -0.4 is 0 Å². The van der Waals surface area contributed by atoms with Crippen LogP contribution in [0.5, 0.6) is 0 Å². The van der Waals surface area contributed by atoms with Gasteiger partial charge in [0.25, 0.3) is 0 Å². The van der Waals surface area contributed by atoms with Crippen molar-refractivity contribution in [2.45, 2.75) is 27.7 Å². The number of phosphoric acid groups is 1. The Morgan fingerprint density at radius 3 is 1.67 bits per heavy atom. The highest BCUT2D eigenvalue weighted by Gasteiger charge is 2.32. The number of ether oxygens (including phenoxy) is 2. The molecule has 0 saturated carbocycles. The van der Waals surface area contributed by atoms with E-state index in [0.29, 0.717) is 0 Å². The van der Waals surface area contributed by atoms with Crippen molar-refractivity contribution in [3.05, 3.63) is 11.8 Å². The Kier molecular flexibility index (Phi) is 8.52. The molecule has 120 valence electrons. The second-order valence-corrected chi connectivity index (χ2v) is 5.11. The van der Waals surface area contributed by atoms with E-state index in [1.165, 1.54) is 19.9 Å². The molecule has 0 aliphatic rings. The lowest BCUT2D eigenvalue weighted by Gasteiger charge is -2.18. The third-order valence-corrected chi connectivity index (χ3v) is 3.03. The SMILES string of the molecule is CC=C(OP(=O)(OCOC(C)=O)OCOC(C)=O)C(C)=O. The Morgan fingerprint density at radius 1 is 0.952 bits per heavy atom. The maximum atomic E-state index is 12.2. The van der Waals surface area contributed by atoms with E-state index in [1.54, 1.807) is 0 Å². The van der Waals surface area contributed by atoms with Crippen LogP contribution in [0.1, 0.15) is 27.7 Å². The summed E-state index contributed by atoms with van der Waals surface area (Å²) in [7, 11) is -4.30. The molecule has 0 aromatic heterocycles. The fourth-order valence-corrected chi connectivity index (χ4v) is 1.90. The highest BCUT2D eigenvalue weighted by molar-refractivity contribution is 7.48. The van der Waals surface area contributed by atoms with Crippen molar-refractivity contribution in [3.8, 4) is 0 Å². The van der Waals surface area contributed by atoms with Crippen LogP contribution in [0.3, 0.4) is 0 Å². The van der Waals surface area contributed by atoms with Gasteiger partial charge in [-0.1, -0.05) is 0 Å². The molecule has 0 aromatic rings. The molecule has 21 heavy (non-hydrogen) atoms. The van der Waals surface area contributed by atoms with Crippen LogP contribution in [-0.4, -0.2) is 31.3 Å². The first kappa shape index (κ1) is 19.3. The Labute approximate surface area is 121 Å². The maximum absolute atomic E-state index is 12.2. The number of allylic oxidation sites excluding steroid dienone is 2. The predicted octanol–water partition coefficient (Wildman–Crippen LogP) is 1.68. The van der Waals surface area contributed by atoms with Crippen molar-refractivity contribution in [2.75, 3.05) is 13.6 Å². The van der Waals surface area contributed by atoms with Gasteiger partial charge in [-0.3, -0.25) is 14.4 Å². The molecule has 0 amide bonds. The molecule has 0 saturated heterocycles. The minimum Gasteiger partial charge on any atom is -0.438 e. The zero-order valence-corrected chi connectivity index (χ0v) is 13.0. The van der Waals surface area contributed by atoms with Crippen molar-refractivity contribution in [1.82, 2.24) is 0 Å². The number of Topliss-reactive ketones (excluding diaryl/α,β-unsaturated/α-hetero) is 1. The molecule has 0 heterocycles. The molecule has 0 aliphatic carbocycles. The molecule has 0 N–H and O–H groups in total. The van der Waals surface area contributed by atoms with Crippen LogP contribution in [0, 0.1) is 0 Å². The summed E-state index contributed by atoms with van der Waals surface area (Å²) in [6.45, 7) is 3.43. The van der Waals surface area contributed by atoms with Gasteiger partial charge in [-0.15, -0.1) is 0 Å². The molecule has 0 spiro atoms. The fraction of sp³-hybridized carbons (Fsp3) is 0.545. The van der Waals surface area contributed by atoms with Gasteiger partial charge in [-0.2, -0.15) is 0 Å². The number of hydrogen-bond acceptors (Lipinski definition) is 9. The van der Waals surface area contributed by atoms with Crippen LogP contribution >= 0.6 is 7.82 Å². The van der Waals surface area contributed by atoms with Gasteiger partial charge in [0.1, 0.15) is 0 Å². The van der Waals surface area contributed by atoms with Gasteiger partial charge in [0.05, 0.1) is 0 Å². The quantitative estimate of drug-likeness (QED) is 0.205. The van der Waals surface area contributed by atoms with Crippen LogP contribution in [0.4, 0.5) is 0 Å². The normalized spacial score (nSPS) is 11.7. The highest BCUT2D eigenvalue weighted by Crippen LogP contribution is 2.51. The van der Waals surface area contributed by atoms with Crippen molar-refractivity contribution in [2.24, 2.45) is 0 Å². The average Bonchev–Trinajstić information content (AvgIpc) is 2.34. The summed E-state index contributed by atoms with van der Waals surface area (Å²) in [4.78, 5) is 32.4. The number of phosphoric ester groups is 1. The van der Waals surface area contributed by atoms with Crippen molar-refractivity contribution in [1.29, 1.82) is 0 Å². The Hall–Kier alpha value is -1.70. The second-order valence-electron chi connectivity index (χ2n) is 3.51. The molecule has 0 unspecified atom stereocenters. The highest BCUT2D eigenvalue weighted by atomic mass is 31.2. The van der Waals surface area contributed by atoms with Gasteiger partial charge in [-0.25, -0.2) is 13.6 Å². The van der Waals surface area contributed by atoms with Crippen molar-refractivity contribution < 1.29 is 42.0 Å². The Balaban J connectivity index is 4.80. The zero-order chi connectivity index (χ0) is 16.5. The van der Waals surface area contributed by atoms with E-state index in [4.69, 9.17) is 4.52 Å². The van der Waals surface area contributed by atoms with Gasteiger partial charge in [0.2, 0.25) is 13.6 Å². The van der Waals surface area contributed by atoms with Crippen molar-refractivity contribution >= 4 is 25.5 Å². The van der Waals surface area contributed by atoms with Crippen molar-refractivity contribution in [3.63, 3.8) is 0 Å². The van der Waals surface area contributed by atoms with E-state index < -0.39 is 39.1 Å². The molecular formula is C11H17O9P. The van der Waals surface area contributed by atoms with Crippen LogP contribution in [0.15, 0.2) is 11.8 Å². The molecule has 0 aromatic carbocycles. The molecule has 0 radical (unpaired) electrons. The van der Waals surface area contributed by atoms with E-state index in [2.05, 4.69) is 18.5 Å². The summed E-state index contributed by atoms with van der Waals surface area (Å²) in [5.74, 6) is -2.16. The Bertz CT molecular complexity index is 444. The number of esters is 2. The molecule has 0 rings (SSSR count). The number of ketones is 1. The minimum absolute atomic E-state index is 0.274. The number of rotatable bonds is 9. The first-order chi connectivity index (χ1) is 9.70. The third-order valence-electron chi connectivity index (χ3n) is 1.77. The lowest BCUT2D eigenvalue weighted by atomic mass is 10.3. The smallest absolute Gasteiger partial charge is 0.438 e. The second kappa shape index (κ2) is 9.28. The number of carbonyl (C=O) groups is 3. The molecule has 9 nitrogen and oxygen atoms in total. The molecule has 0 atom stereocenters. The molecule has 10 heteroatoms. The van der Waals surface area contributed by atoms with E-state index in [1.807, 2.05) is 0 Å². The van der Waals surface area contributed by atoms with E-state index in [-0.39, 0.29) is 5.76 Å². The lowest BCUT2D eigenvalue weighted by molar-refractivity contribution is -0.151. The maximum Gasteiger partial charge on any atom is 0.536 e. The molecule has 0 bridgehead atoms. The van der Waals surface area contributed by atoms with E-state index in [0.717, 1.165) is 13.8 Å². The Morgan fingerprint density at radius 2 is 1.38 bits per heavy atom. The monoisotopic (exact) mass is 324 g/mol. The van der Waals surface area contributed by atoms with Gasteiger partial charge >= 0.3 is 19.8 Å². The van der Waals surface area contributed by atoms with Crippen LogP contribution in [0.2, 0.25) is 0 Å². The lowest BCUT2D eigenvalue weighted by Crippen LogP contribution is -2.11. The van der Waals surface area contributed by atoms with Gasteiger partial charge in [0, 0.05) is 20.8 Å². The summed E-state index contributed by atoms with van der Waals surface area (Å²) < 4.78 is 35.3. The third kappa shape index (κ3) is 8.96. The summed E-state index contributed by atoms with van der Waals surface area (Å²) in [5, 5.41) is 0.